The smallest absolute Gasteiger partial charge is 0.320 e. The van der Waals surface area contributed by atoms with Crippen LogP contribution in [0.25, 0.3) is 0 Å². The fraction of sp³-hybridized carbons (Fsp3) is 0.625. The summed E-state index contributed by atoms with van der Waals surface area (Å²) in [5.41, 5.74) is 0. The molecular weight excluding hydrogens is 168 g/mol. The molecule has 72 valence electrons. The van der Waals surface area contributed by atoms with Gasteiger partial charge in [-0.2, -0.15) is 9.97 Å². The Kier molecular flexibility index (Phi) is 3.42. The zero-order valence-corrected chi connectivity index (χ0v) is 8.19. The summed E-state index contributed by atoms with van der Waals surface area (Å²) in [6, 6.07) is 0.358. The van der Waals surface area contributed by atoms with Gasteiger partial charge < -0.3 is 9.64 Å². The Labute approximate surface area is 77.8 Å². The first kappa shape index (κ1) is 9.70. The van der Waals surface area contributed by atoms with Crippen LogP contribution in [0.3, 0.4) is 0 Å². The van der Waals surface area contributed by atoms with Crippen molar-refractivity contribution in [3.05, 3.63) is 6.33 Å². The van der Waals surface area contributed by atoms with E-state index >= 15 is 0 Å². The molecule has 0 amide bonds. The van der Waals surface area contributed by atoms with Crippen LogP contribution in [0.15, 0.2) is 6.33 Å². The lowest BCUT2D eigenvalue weighted by Gasteiger charge is -2.17. The van der Waals surface area contributed by atoms with Gasteiger partial charge in [0.25, 0.3) is 0 Å². The summed E-state index contributed by atoms with van der Waals surface area (Å²) in [5.74, 6) is 0.664. The molecule has 5 nitrogen and oxygen atoms in total. The summed E-state index contributed by atoms with van der Waals surface area (Å²) in [5, 5.41) is 0. The van der Waals surface area contributed by atoms with Gasteiger partial charge in [-0.25, -0.2) is 4.98 Å². The van der Waals surface area contributed by atoms with Gasteiger partial charge in [0.15, 0.2) is 0 Å². The minimum absolute atomic E-state index is 0.358. The third-order valence-corrected chi connectivity index (χ3v) is 1.77. The summed E-state index contributed by atoms with van der Waals surface area (Å²) in [6.07, 6.45) is 1.46. The Hall–Kier alpha value is -1.39. The molecule has 1 rings (SSSR count). The van der Waals surface area contributed by atoms with Crippen LogP contribution < -0.4 is 9.64 Å². The molecule has 0 unspecified atom stereocenters. The average molecular weight is 182 g/mol. The number of aromatic nitrogens is 3. The number of rotatable bonds is 4. The maximum atomic E-state index is 4.91. The Morgan fingerprint density at radius 3 is 2.54 bits per heavy atom. The molecule has 0 aliphatic heterocycles. The third kappa shape index (κ3) is 2.27. The zero-order chi connectivity index (χ0) is 9.68. The van der Waals surface area contributed by atoms with Crippen LogP contribution in [0.5, 0.6) is 6.01 Å². The molecule has 0 bridgehead atoms. The molecule has 0 atom stereocenters. The Balaban J connectivity index is 2.86. The lowest BCUT2D eigenvalue weighted by atomic mass is 10.5. The van der Waals surface area contributed by atoms with Crippen molar-refractivity contribution in [2.24, 2.45) is 0 Å². The van der Waals surface area contributed by atoms with Gasteiger partial charge >= 0.3 is 6.01 Å². The highest BCUT2D eigenvalue weighted by Gasteiger charge is 2.06. The van der Waals surface area contributed by atoms with E-state index in [0.29, 0.717) is 12.0 Å². The Morgan fingerprint density at radius 1 is 1.31 bits per heavy atom. The summed E-state index contributed by atoms with van der Waals surface area (Å²) in [4.78, 5) is 14.0. The first-order valence-electron chi connectivity index (χ1n) is 4.29. The number of ether oxygens (including phenoxy) is 1. The van der Waals surface area contributed by atoms with Crippen molar-refractivity contribution < 1.29 is 4.74 Å². The molecule has 13 heavy (non-hydrogen) atoms. The molecule has 0 aliphatic carbocycles. The molecule has 5 heteroatoms. The maximum absolute atomic E-state index is 4.91. The molecule has 0 fully saturated rings. The van der Waals surface area contributed by atoms with E-state index in [4.69, 9.17) is 4.74 Å². The highest BCUT2D eigenvalue weighted by Crippen LogP contribution is 2.08. The first-order chi connectivity index (χ1) is 6.31. The second-order valence-electron chi connectivity index (χ2n) is 2.44. The maximum Gasteiger partial charge on any atom is 0.320 e. The highest BCUT2D eigenvalue weighted by atomic mass is 16.5. The van der Waals surface area contributed by atoms with Crippen LogP contribution in [0, 0.1) is 0 Å². The van der Waals surface area contributed by atoms with Crippen molar-refractivity contribution in [3.63, 3.8) is 0 Å². The van der Waals surface area contributed by atoms with E-state index in [9.17, 15) is 0 Å². The number of methoxy groups -OCH3 is 1. The largest absolute Gasteiger partial charge is 0.467 e. The minimum Gasteiger partial charge on any atom is -0.467 e. The lowest BCUT2D eigenvalue weighted by molar-refractivity contribution is 0.378. The van der Waals surface area contributed by atoms with Crippen molar-refractivity contribution in [3.8, 4) is 6.01 Å². The standard InChI is InChI=1S/C8H14N4O/c1-4-12(5-2)7-9-6-10-8(11-7)13-3/h6H,4-5H2,1-3H3. The van der Waals surface area contributed by atoms with Crippen LogP contribution in [0.2, 0.25) is 0 Å². The normalized spacial score (nSPS) is 9.77. The van der Waals surface area contributed by atoms with Gasteiger partial charge in [0.05, 0.1) is 7.11 Å². The van der Waals surface area contributed by atoms with Gasteiger partial charge in [-0.05, 0) is 13.8 Å². The molecule has 0 saturated carbocycles. The van der Waals surface area contributed by atoms with Crippen LogP contribution in [0.4, 0.5) is 5.95 Å². The molecule has 0 radical (unpaired) electrons. The predicted molar refractivity (Wildman–Crippen MR) is 49.9 cm³/mol. The summed E-state index contributed by atoms with van der Waals surface area (Å²) >= 11 is 0. The molecule has 1 aromatic rings. The second-order valence-corrected chi connectivity index (χ2v) is 2.44. The van der Waals surface area contributed by atoms with Gasteiger partial charge in [0, 0.05) is 13.1 Å². The summed E-state index contributed by atoms with van der Waals surface area (Å²) in [6.45, 7) is 5.87. The van der Waals surface area contributed by atoms with Gasteiger partial charge in [-0.3, -0.25) is 0 Å². The average Bonchev–Trinajstić information content (AvgIpc) is 2.20. The summed E-state index contributed by atoms with van der Waals surface area (Å²) in [7, 11) is 1.54. The van der Waals surface area contributed by atoms with E-state index in [1.165, 1.54) is 6.33 Å². The predicted octanol–water partition coefficient (Wildman–Crippen LogP) is 0.726. The van der Waals surface area contributed by atoms with Crippen LogP contribution in [0.1, 0.15) is 13.8 Å². The number of hydrogen-bond donors (Lipinski definition) is 0. The third-order valence-electron chi connectivity index (χ3n) is 1.77. The molecular formula is C8H14N4O. The summed E-state index contributed by atoms with van der Waals surface area (Å²) < 4.78 is 4.91. The Morgan fingerprint density at radius 2 is 2.00 bits per heavy atom. The zero-order valence-electron chi connectivity index (χ0n) is 8.19. The van der Waals surface area contributed by atoms with Crippen LogP contribution >= 0.6 is 0 Å². The van der Waals surface area contributed by atoms with Crippen molar-refractivity contribution in [1.82, 2.24) is 15.0 Å². The van der Waals surface area contributed by atoms with Gasteiger partial charge in [-0.1, -0.05) is 0 Å². The number of hydrogen-bond acceptors (Lipinski definition) is 5. The van der Waals surface area contributed by atoms with E-state index < -0.39 is 0 Å². The lowest BCUT2D eigenvalue weighted by Crippen LogP contribution is -2.24. The van der Waals surface area contributed by atoms with Crippen molar-refractivity contribution in [2.45, 2.75) is 13.8 Å². The van der Waals surface area contributed by atoms with E-state index in [0.717, 1.165) is 13.1 Å². The molecule has 1 heterocycles. The fourth-order valence-corrected chi connectivity index (χ4v) is 1.03. The molecule has 0 aliphatic rings. The van der Waals surface area contributed by atoms with Crippen LogP contribution in [-0.2, 0) is 0 Å². The van der Waals surface area contributed by atoms with E-state index in [2.05, 4.69) is 28.8 Å². The molecule has 0 spiro atoms. The first-order valence-corrected chi connectivity index (χ1v) is 4.29. The Bertz CT molecular complexity index is 262. The quantitative estimate of drug-likeness (QED) is 0.687. The van der Waals surface area contributed by atoms with Crippen LogP contribution in [-0.4, -0.2) is 35.2 Å². The topological polar surface area (TPSA) is 51.1 Å². The monoisotopic (exact) mass is 182 g/mol. The fourth-order valence-electron chi connectivity index (χ4n) is 1.03. The number of nitrogens with zero attached hydrogens (tertiary/aromatic N) is 4. The van der Waals surface area contributed by atoms with Gasteiger partial charge in [-0.15, -0.1) is 0 Å². The van der Waals surface area contributed by atoms with E-state index in [-0.39, 0.29) is 0 Å². The van der Waals surface area contributed by atoms with Gasteiger partial charge in [0.2, 0.25) is 5.95 Å². The molecule has 1 aromatic heterocycles. The molecule has 0 aromatic carbocycles. The van der Waals surface area contributed by atoms with E-state index in [1.807, 2.05) is 4.90 Å². The van der Waals surface area contributed by atoms with E-state index in [1.54, 1.807) is 7.11 Å². The van der Waals surface area contributed by atoms with Crippen molar-refractivity contribution >= 4 is 5.95 Å². The molecule has 0 N–H and O–H groups in total. The minimum atomic E-state index is 0.358. The van der Waals surface area contributed by atoms with Gasteiger partial charge in [0.1, 0.15) is 6.33 Å². The number of anilines is 1. The highest BCUT2D eigenvalue weighted by molar-refractivity contribution is 5.28. The second kappa shape index (κ2) is 4.59. The van der Waals surface area contributed by atoms with Crippen molar-refractivity contribution in [2.75, 3.05) is 25.1 Å². The SMILES string of the molecule is CCN(CC)c1ncnc(OC)n1. The molecule has 0 saturated heterocycles. The van der Waals surface area contributed by atoms with Crippen molar-refractivity contribution in [1.29, 1.82) is 0 Å².